The molecule has 1 saturated heterocycles. The Labute approximate surface area is 112 Å². The summed E-state index contributed by atoms with van der Waals surface area (Å²) in [5.41, 5.74) is 11.8. The lowest BCUT2D eigenvalue weighted by atomic mass is 9.97. The fourth-order valence-electron chi connectivity index (χ4n) is 2.58. The number of amides is 1. The third kappa shape index (κ3) is 3.52. The number of likely N-dealkylation sites (tertiary alicyclic amines) is 1. The van der Waals surface area contributed by atoms with Crippen molar-refractivity contribution >= 4 is 5.91 Å². The van der Waals surface area contributed by atoms with Gasteiger partial charge in [-0.25, -0.2) is 4.39 Å². The highest BCUT2D eigenvalue weighted by Gasteiger charge is 2.20. The molecule has 1 aromatic carbocycles. The predicted octanol–water partition coefficient (Wildman–Crippen LogP) is 1.10. The second-order valence-electron chi connectivity index (χ2n) is 5.15. The molecule has 5 heteroatoms. The topological polar surface area (TPSA) is 72.3 Å². The molecule has 1 aliphatic rings. The van der Waals surface area contributed by atoms with Gasteiger partial charge in [0, 0.05) is 24.2 Å². The minimum Gasteiger partial charge on any atom is -0.366 e. The van der Waals surface area contributed by atoms with Crippen molar-refractivity contribution in [2.75, 3.05) is 19.6 Å². The van der Waals surface area contributed by atoms with Gasteiger partial charge in [-0.05, 0) is 50.0 Å². The Kier molecular flexibility index (Phi) is 4.50. The number of halogens is 1. The number of rotatable bonds is 4. The highest BCUT2D eigenvalue weighted by molar-refractivity contribution is 5.92. The van der Waals surface area contributed by atoms with E-state index in [9.17, 15) is 9.18 Å². The molecule has 1 aromatic rings. The molecule has 104 valence electrons. The highest BCUT2D eigenvalue weighted by Crippen LogP contribution is 2.19. The Morgan fingerprint density at radius 1 is 1.47 bits per heavy atom. The van der Waals surface area contributed by atoms with E-state index in [1.165, 1.54) is 12.1 Å². The van der Waals surface area contributed by atoms with Gasteiger partial charge in [-0.15, -0.1) is 0 Å². The highest BCUT2D eigenvalue weighted by atomic mass is 19.1. The fourth-order valence-corrected chi connectivity index (χ4v) is 2.58. The third-order valence-electron chi connectivity index (χ3n) is 3.66. The summed E-state index contributed by atoms with van der Waals surface area (Å²) in [5, 5.41) is 0. The van der Waals surface area contributed by atoms with E-state index in [0.717, 1.165) is 25.9 Å². The predicted molar refractivity (Wildman–Crippen MR) is 72.0 cm³/mol. The van der Waals surface area contributed by atoms with Crippen molar-refractivity contribution in [1.82, 2.24) is 4.90 Å². The first-order valence-electron chi connectivity index (χ1n) is 6.61. The van der Waals surface area contributed by atoms with E-state index < -0.39 is 5.91 Å². The summed E-state index contributed by atoms with van der Waals surface area (Å²) in [6.45, 7) is 3.00. The number of benzene rings is 1. The zero-order valence-electron chi connectivity index (χ0n) is 10.9. The number of carbonyl (C=O) groups excluding carboxylic acids is 1. The molecule has 4 N–H and O–H groups in total. The average molecular weight is 265 g/mol. The van der Waals surface area contributed by atoms with Crippen LogP contribution in [-0.4, -0.2) is 30.4 Å². The second kappa shape index (κ2) is 6.12. The van der Waals surface area contributed by atoms with Crippen LogP contribution in [0.1, 0.15) is 28.8 Å². The molecular formula is C14H20FN3O. The molecule has 0 spiro atoms. The lowest BCUT2D eigenvalue weighted by molar-refractivity contribution is 0.1000. The molecule has 1 fully saturated rings. The van der Waals surface area contributed by atoms with Crippen molar-refractivity contribution in [3.05, 3.63) is 35.1 Å². The smallest absolute Gasteiger partial charge is 0.248 e. The largest absolute Gasteiger partial charge is 0.366 e. The van der Waals surface area contributed by atoms with Gasteiger partial charge in [0.15, 0.2) is 0 Å². The molecule has 1 atom stereocenters. The maximum Gasteiger partial charge on any atom is 0.248 e. The van der Waals surface area contributed by atoms with Crippen LogP contribution in [-0.2, 0) is 6.54 Å². The lowest BCUT2D eigenvalue weighted by Crippen LogP contribution is -2.38. The minimum atomic E-state index is -0.528. The van der Waals surface area contributed by atoms with Crippen LogP contribution in [0.25, 0.3) is 0 Å². The average Bonchev–Trinajstić information content (AvgIpc) is 2.41. The summed E-state index contributed by atoms with van der Waals surface area (Å²) >= 11 is 0. The zero-order valence-corrected chi connectivity index (χ0v) is 10.9. The molecule has 1 amide bonds. The number of piperidine rings is 1. The van der Waals surface area contributed by atoms with Crippen molar-refractivity contribution in [3.63, 3.8) is 0 Å². The first-order valence-corrected chi connectivity index (χ1v) is 6.61. The molecule has 1 heterocycles. The number of hydrogen-bond acceptors (Lipinski definition) is 3. The summed E-state index contributed by atoms with van der Waals surface area (Å²) in [7, 11) is 0. The summed E-state index contributed by atoms with van der Waals surface area (Å²) < 4.78 is 13.8. The fraction of sp³-hybridized carbons (Fsp3) is 0.500. The lowest BCUT2D eigenvalue weighted by Gasteiger charge is -2.32. The molecule has 2 rings (SSSR count). The van der Waals surface area contributed by atoms with Crippen LogP contribution in [0.15, 0.2) is 18.2 Å². The monoisotopic (exact) mass is 265 g/mol. The van der Waals surface area contributed by atoms with Gasteiger partial charge in [-0.2, -0.15) is 0 Å². The summed E-state index contributed by atoms with van der Waals surface area (Å²) in [6.07, 6.45) is 2.22. The van der Waals surface area contributed by atoms with E-state index in [-0.39, 0.29) is 5.82 Å². The quantitative estimate of drug-likeness (QED) is 0.856. The van der Waals surface area contributed by atoms with E-state index in [0.29, 0.717) is 30.1 Å². The van der Waals surface area contributed by atoms with Gasteiger partial charge in [0.1, 0.15) is 5.82 Å². The molecule has 0 saturated carbocycles. The minimum absolute atomic E-state index is 0.292. The van der Waals surface area contributed by atoms with Gasteiger partial charge in [-0.3, -0.25) is 9.69 Å². The van der Waals surface area contributed by atoms with Crippen molar-refractivity contribution in [2.45, 2.75) is 19.4 Å². The van der Waals surface area contributed by atoms with Gasteiger partial charge < -0.3 is 11.5 Å². The normalized spacial score (nSPS) is 20.4. The van der Waals surface area contributed by atoms with Gasteiger partial charge in [0.05, 0.1) is 0 Å². The van der Waals surface area contributed by atoms with E-state index in [1.54, 1.807) is 6.07 Å². The Balaban J connectivity index is 2.09. The van der Waals surface area contributed by atoms with Crippen molar-refractivity contribution < 1.29 is 9.18 Å². The molecule has 0 aromatic heterocycles. The maximum atomic E-state index is 13.8. The van der Waals surface area contributed by atoms with E-state index in [2.05, 4.69) is 4.90 Å². The number of carbonyl (C=O) groups is 1. The number of hydrogen-bond donors (Lipinski definition) is 2. The summed E-state index contributed by atoms with van der Waals surface area (Å²) in [4.78, 5) is 13.3. The molecule has 0 bridgehead atoms. The van der Waals surface area contributed by atoms with Crippen LogP contribution in [0.4, 0.5) is 4.39 Å². The second-order valence-corrected chi connectivity index (χ2v) is 5.15. The molecule has 4 nitrogen and oxygen atoms in total. The SMILES string of the molecule is NCC1CCCN(Cc2cc(C(N)=O)ccc2F)C1. The van der Waals surface area contributed by atoms with Crippen LogP contribution in [0, 0.1) is 11.7 Å². The van der Waals surface area contributed by atoms with Crippen molar-refractivity contribution in [1.29, 1.82) is 0 Å². The molecule has 19 heavy (non-hydrogen) atoms. The Morgan fingerprint density at radius 2 is 2.26 bits per heavy atom. The van der Waals surface area contributed by atoms with Gasteiger partial charge >= 0.3 is 0 Å². The number of primary amides is 1. The summed E-state index contributed by atoms with van der Waals surface area (Å²) in [5.74, 6) is -0.337. The van der Waals surface area contributed by atoms with E-state index >= 15 is 0 Å². The zero-order chi connectivity index (χ0) is 13.8. The van der Waals surface area contributed by atoms with Crippen molar-refractivity contribution in [2.24, 2.45) is 17.4 Å². The van der Waals surface area contributed by atoms with Crippen LogP contribution >= 0.6 is 0 Å². The van der Waals surface area contributed by atoms with Crippen LogP contribution in [0.3, 0.4) is 0 Å². The van der Waals surface area contributed by atoms with Gasteiger partial charge in [0.25, 0.3) is 0 Å². The number of nitrogens with zero attached hydrogens (tertiary/aromatic N) is 1. The van der Waals surface area contributed by atoms with Crippen LogP contribution in [0.5, 0.6) is 0 Å². The molecule has 0 radical (unpaired) electrons. The van der Waals surface area contributed by atoms with Crippen LogP contribution in [0.2, 0.25) is 0 Å². The molecule has 1 unspecified atom stereocenters. The molecule has 1 aliphatic heterocycles. The van der Waals surface area contributed by atoms with Crippen molar-refractivity contribution in [3.8, 4) is 0 Å². The van der Waals surface area contributed by atoms with Gasteiger partial charge in [0.2, 0.25) is 5.91 Å². The maximum absolute atomic E-state index is 13.8. The van der Waals surface area contributed by atoms with Crippen LogP contribution < -0.4 is 11.5 Å². The standard InChI is InChI=1S/C14H20FN3O/c15-13-4-3-11(14(17)19)6-12(13)9-18-5-1-2-10(7-16)8-18/h3-4,6,10H,1-2,5,7-9,16H2,(H2,17,19). The third-order valence-corrected chi connectivity index (χ3v) is 3.66. The van der Waals surface area contributed by atoms with E-state index in [1.807, 2.05) is 0 Å². The Hall–Kier alpha value is -1.46. The van der Waals surface area contributed by atoms with Gasteiger partial charge in [-0.1, -0.05) is 0 Å². The first kappa shape index (κ1) is 14.0. The Bertz CT molecular complexity index is 464. The van der Waals surface area contributed by atoms with E-state index in [4.69, 9.17) is 11.5 Å². The number of nitrogens with two attached hydrogens (primary N) is 2. The molecule has 0 aliphatic carbocycles. The Morgan fingerprint density at radius 3 is 2.95 bits per heavy atom. The first-order chi connectivity index (χ1) is 9.10. The summed E-state index contributed by atoms with van der Waals surface area (Å²) in [6, 6.07) is 4.27. The molecular weight excluding hydrogens is 245 g/mol.